The van der Waals surface area contributed by atoms with Crippen LogP contribution in [-0.4, -0.2) is 35.2 Å². The third kappa shape index (κ3) is 1.53. The fraction of sp³-hybridized carbons (Fsp3) is 0.385. The molecule has 1 saturated carbocycles. The number of hydrogen-bond donors (Lipinski definition) is 1. The molecule has 0 spiro atoms. The van der Waals surface area contributed by atoms with Crippen molar-refractivity contribution in [3.05, 3.63) is 29.3 Å². The number of amides is 1. The van der Waals surface area contributed by atoms with Gasteiger partial charge in [0.2, 0.25) is 0 Å². The second kappa shape index (κ2) is 3.82. The van der Waals surface area contributed by atoms with Crippen LogP contribution in [0.5, 0.6) is 0 Å². The van der Waals surface area contributed by atoms with Crippen molar-refractivity contribution < 1.29 is 23.1 Å². The highest BCUT2D eigenvalue weighted by molar-refractivity contribution is 7.90. The Morgan fingerprint density at radius 3 is 2.50 bits per heavy atom. The van der Waals surface area contributed by atoms with E-state index in [4.69, 9.17) is 5.11 Å². The van der Waals surface area contributed by atoms with Gasteiger partial charge in [-0.2, -0.15) is 0 Å². The number of carboxylic acids is 1. The monoisotopic (exact) mass is 295 g/mol. The number of nitrogens with zero attached hydrogens (tertiary/aromatic N) is 1. The van der Waals surface area contributed by atoms with Gasteiger partial charge in [0.25, 0.3) is 15.9 Å². The molecular weight excluding hydrogens is 282 g/mol. The Hall–Kier alpha value is -1.89. The number of carboxylic acid groups (broad SMARTS) is 1. The summed E-state index contributed by atoms with van der Waals surface area (Å²) in [5.74, 6) is -1.78. The molecule has 0 bridgehead atoms. The van der Waals surface area contributed by atoms with Crippen LogP contribution in [0.2, 0.25) is 0 Å². The van der Waals surface area contributed by atoms with Crippen molar-refractivity contribution in [3.8, 4) is 0 Å². The van der Waals surface area contributed by atoms with Gasteiger partial charge < -0.3 is 5.11 Å². The molecule has 0 aromatic heterocycles. The van der Waals surface area contributed by atoms with E-state index < -0.39 is 27.4 Å². The SMILES string of the molecule is CC1(N2C(=O)c3ccc(C(=O)O)cc3S2(=O)=O)CCC1. The summed E-state index contributed by atoms with van der Waals surface area (Å²) in [7, 11) is -3.95. The summed E-state index contributed by atoms with van der Waals surface area (Å²) in [6.07, 6.45) is 2.15. The second-order valence-electron chi connectivity index (χ2n) is 5.44. The number of carbonyl (C=O) groups is 2. The van der Waals surface area contributed by atoms with Gasteiger partial charge in [-0.3, -0.25) is 4.79 Å². The van der Waals surface area contributed by atoms with Crippen LogP contribution in [0.25, 0.3) is 0 Å². The van der Waals surface area contributed by atoms with Gasteiger partial charge in [0.05, 0.1) is 16.7 Å². The van der Waals surface area contributed by atoms with Gasteiger partial charge in [0.15, 0.2) is 0 Å². The lowest BCUT2D eigenvalue weighted by Crippen LogP contribution is -2.53. The molecule has 1 heterocycles. The van der Waals surface area contributed by atoms with Crippen LogP contribution in [-0.2, 0) is 10.0 Å². The molecule has 106 valence electrons. The number of hydrogen-bond acceptors (Lipinski definition) is 4. The number of carbonyl (C=O) groups excluding carboxylic acids is 1. The lowest BCUT2D eigenvalue weighted by Gasteiger charge is -2.44. The lowest BCUT2D eigenvalue weighted by molar-refractivity contribution is 0.0602. The highest BCUT2D eigenvalue weighted by Crippen LogP contribution is 2.45. The Bertz CT molecular complexity index is 733. The summed E-state index contributed by atoms with van der Waals surface area (Å²) < 4.78 is 26.0. The maximum absolute atomic E-state index is 12.5. The molecule has 20 heavy (non-hydrogen) atoms. The van der Waals surface area contributed by atoms with Crippen molar-refractivity contribution in [2.45, 2.75) is 36.6 Å². The van der Waals surface area contributed by atoms with Gasteiger partial charge in [-0.1, -0.05) is 0 Å². The van der Waals surface area contributed by atoms with Gasteiger partial charge in [-0.05, 0) is 44.4 Å². The van der Waals surface area contributed by atoms with E-state index in [-0.39, 0.29) is 16.0 Å². The van der Waals surface area contributed by atoms with Gasteiger partial charge in [0, 0.05) is 0 Å². The second-order valence-corrected chi connectivity index (χ2v) is 7.20. The van der Waals surface area contributed by atoms with E-state index in [2.05, 4.69) is 0 Å². The van der Waals surface area contributed by atoms with Crippen LogP contribution in [0, 0.1) is 0 Å². The first kappa shape index (κ1) is 13.1. The van der Waals surface area contributed by atoms with Crippen LogP contribution >= 0.6 is 0 Å². The normalized spacial score (nSPS) is 22.2. The van der Waals surface area contributed by atoms with E-state index >= 15 is 0 Å². The van der Waals surface area contributed by atoms with Crippen molar-refractivity contribution in [1.29, 1.82) is 0 Å². The number of fused-ring (bicyclic) bond motifs is 1. The predicted molar refractivity (Wildman–Crippen MR) is 69.0 cm³/mol. The zero-order chi connectivity index (χ0) is 14.7. The quantitative estimate of drug-likeness (QED) is 0.892. The average Bonchev–Trinajstić information content (AvgIpc) is 2.54. The molecule has 0 saturated heterocycles. The Labute approximate surface area is 116 Å². The van der Waals surface area contributed by atoms with E-state index in [1.54, 1.807) is 6.92 Å². The van der Waals surface area contributed by atoms with Gasteiger partial charge in [-0.15, -0.1) is 0 Å². The van der Waals surface area contributed by atoms with Crippen LogP contribution < -0.4 is 0 Å². The summed E-state index contributed by atoms with van der Waals surface area (Å²) in [5, 5.41) is 8.94. The molecule has 6 nitrogen and oxygen atoms in total. The molecule has 0 radical (unpaired) electrons. The largest absolute Gasteiger partial charge is 0.478 e. The van der Waals surface area contributed by atoms with Crippen molar-refractivity contribution in [3.63, 3.8) is 0 Å². The van der Waals surface area contributed by atoms with Crippen LogP contribution in [0.4, 0.5) is 0 Å². The molecule has 7 heteroatoms. The smallest absolute Gasteiger partial charge is 0.335 e. The fourth-order valence-electron chi connectivity index (χ4n) is 2.79. The zero-order valence-electron chi connectivity index (χ0n) is 10.8. The summed E-state index contributed by atoms with van der Waals surface area (Å²) in [5.41, 5.74) is -0.762. The highest BCUT2D eigenvalue weighted by Gasteiger charge is 2.53. The minimum Gasteiger partial charge on any atom is -0.478 e. The molecule has 3 rings (SSSR count). The fourth-order valence-corrected chi connectivity index (χ4v) is 4.77. The molecule has 1 fully saturated rings. The lowest BCUT2D eigenvalue weighted by atomic mass is 9.78. The first-order chi connectivity index (χ1) is 9.27. The van der Waals surface area contributed by atoms with E-state index in [0.717, 1.165) is 16.8 Å². The predicted octanol–water partition coefficient (Wildman–Crippen LogP) is 1.47. The molecule has 1 aromatic rings. The standard InChI is InChI=1S/C13H13NO5S/c1-13(5-2-6-13)14-11(15)9-4-3-8(12(16)17)7-10(9)20(14,18)19/h3-4,7H,2,5-6H2,1H3,(H,16,17). The maximum atomic E-state index is 12.5. The summed E-state index contributed by atoms with van der Waals surface area (Å²) in [6, 6.07) is 3.59. The Kier molecular flexibility index (Phi) is 2.50. The molecule has 0 unspecified atom stereocenters. The van der Waals surface area contributed by atoms with E-state index in [0.29, 0.717) is 12.8 Å². The third-order valence-corrected chi connectivity index (χ3v) is 6.06. The molecule has 1 aromatic carbocycles. The number of benzene rings is 1. The number of rotatable bonds is 2. The first-order valence-corrected chi connectivity index (χ1v) is 7.68. The molecular formula is C13H13NO5S. The van der Waals surface area contributed by atoms with Crippen molar-refractivity contribution in [2.75, 3.05) is 0 Å². The molecule has 1 N–H and O–H groups in total. The van der Waals surface area contributed by atoms with Crippen molar-refractivity contribution in [2.24, 2.45) is 0 Å². The van der Waals surface area contributed by atoms with Crippen molar-refractivity contribution in [1.82, 2.24) is 4.31 Å². The molecule has 2 aliphatic rings. The average molecular weight is 295 g/mol. The Morgan fingerprint density at radius 2 is 2.00 bits per heavy atom. The zero-order valence-corrected chi connectivity index (χ0v) is 11.6. The summed E-state index contributed by atoms with van der Waals surface area (Å²) >= 11 is 0. The van der Waals surface area contributed by atoms with Crippen molar-refractivity contribution >= 4 is 21.9 Å². The highest BCUT2D eigenvalue weighted by atomic mass is 32.2. The summed E-state index contributed by atoms with van der Waals surface area (Å²) in [6.45, 7) is 1.75. The number of sulfonamides is 1. The minimum absolute atomic E-state index is 0.0584. The topological polar surface area (TPSA) is 91.8 Å². The molecule has 0 atom stereocenters. The molecule has 1 amide bonds. The Morgan fingerprint density at radius 1 is 1.35 bits per heavy atom. The summed E-state index contributed by atoms with van der Waals surface area (Å²) in [4.78, 5) is 23.1. The van der Waals surface area contributed by atoms with Gasteiger partial charge >= 0.3 is 5.97 Å². The van der Waals surface area contributed by atoms with E-state index in [1.807, 2.05) is 0 Å². The number of aromatic carboxylic acids is 1. The maximum Gasteiger partial charge on any atom is 0.335 e. The minimum atomic E-state index is -3.95. The first-order valence-electron chi connectivity index (χ1n) is 6.24. The third-order valence-electron chi connectivity index (χ3n) is 4.08. The Balaban J connectivity index is 2.18. The molecule has 1 aliphatic heterocycles. The molecule has 1 aliphatic carbocycles. The van der Waals surface area contributed by atoms with E-state index in [9.17, 15) is 18.0 Å². The van der Waals surface area contributed by atoms with Gasteiger partial charge in [-0.25, -0.2) is 17.5 Å². The van der Waals surface area contributed by atoms with E-state index in [1.165, 1.54) is 12.1 Å². The van der Waals surface area contributed by atoms with Crippen LogP contribution in [0.3, 0.4) is 0 Å². The van der Waals surface area contributed by atoms with Crippen LogP contribution in [0.15, 0.2) is 23.1 Å². The van der Waals surface area contributed by atoms with Crippen LogP contribution in [0.1, 0.15) is 46.9 Å². The van der Waals surface area contributed by atoms with Gasteiger partial charge in [0.1, 0.15) is 4.90 Å².